The van der Waals surface area contributed by atoms with E-state index in [9.17, 15) is 22.0 Å². The highest BCUT2D eigenvalue weighted by atomic mass is 32.2. The second kappa shape index (κ2) is 7.32. The summed E-state index contributed by atoms with van der Waals surface area (Å²) >= 11 is 0.981. The first-order valence-corrected chi connectivity index (χ1v) is 9.75. The quantitative estimate of drug-likeness (QED) is 0.801. The fourth-order valence-corrected chi connectivity index (χ4v) is 3.25. The number of carbonyl (C=O) groups excluding carboxylic acids is 1. The van der Waals surface area contributed by atoms with E-state index >= 15 is 0 Å². The van der Waals surface area contributed by atoms with Gasteiger partial charge in [-0.25, -0.2) is 22.2 Å². The topological polar surface area (TPSA) is 102 Å². The van der Waals surface area contributed by atoms with Crippen molar-refractivity contribution in [2.75, 3.05) is 17.3 Å². The highest BCUT2D eigenvalue weighted by Crippen LogP contribution is 2.29. The molecule has 2 rings (SSSR count). The first-order chi connectivity index (χ1) is 11.2. The standard InChI is InChI=1S/C14H15F2N3O3S2/c1-24(21,22)6-5-10(17)13(20)19-14-18-11(7-23-14)12-8(15)3-2-4-9(12)16/h2-4,7,10H,5-6,17H2,1H3,(H,18,19,20). The molecule has 0 aliphatic carbocycles. The summed E-state index contributed by atoms with van der Waals surface area (Å²) in [6, 6.07) is 2.43. The summed E-state index contributed by atoms with van der Waals surface area (Å²) in [5.74, 6) is -2.36. The van der Waals surface area contributed by atoms with Gasteiger partial charge in [0.25, 0.3) is 0 Å². The minimum absolute atomic E-state index is 0.0369. The normalized spacial score (nSPS) is 12.8. The molecule has 1 aromatic heterocycles. The van der Waals surface area contributed by atoms with Crippen LogP contribution in [0.2, 0.25) is 0 Å². The largest absolute Gasteiger partial charge is 0.320 e. The average molecular weight is 375 g/mol. The van der Waals surface area contributed by atoms with Crippen LogP contribution in [0.3, 0.4) is 0 Å². The second-order valence-corrected chi connectivity index (χ2v) is 8.27. The molecular weight excluding hydrogens is 360 g/mol. The molecule has 6 nitrogen and oxygen atoms in total. The van der Waals surface area contributed by atoms with Crippen LogP contribution in [-0.2, 0) is 14.6 Å². The SMILES string of the molecule is CS(=O)(=O)CCC(N)C(=O)Nc1nc(-c2c(F)cccc2F)cs1. The van der Waals surface area contributed by atoms with E-state index in [0.717, 1.165) is 29.7 Å². The number of amides is 1. The highest BCUT2D eigenvalue weighted by Gasteiger charge is 2.19. The van der Waals surface area contributed by atoms with Crippen molar-refractivity contribution >= 4 is 32.2 Å². The van der Waals surface area contributed by atoms with Gasteiger partial charge in [0, 0.05) is 11.6 Å². The lowest BCUT2D eigenvalue weighted by molar-refractivity contribution is -0.117. The Morgan fingerprint density at radius 3 is 2.58 bits per heavy atom. The van der Waals surface area contributed by atoms with Crippen molar-refractivity contribution in [2.24, 2.45) is 5.73 Å². The van der Waals surface area contributed by atoms with Gasteiger partial charge in [-0.3, -0.25) is 4.79 Å². The van der Waals surface area contributed by atoms with E-state index in [1.54, 1.807) is 0 Å². The molecule has 130 valence electrons. The van der Waals surface area contributed by atoms with Crippen molar-refractivity contribution in [3.8, 4) is 11.3 Å². The number of nitrogens with zero attached hydrogens (tertiary/aromatic N) is 1. The zero-order valence-corrected chi connectivity index (χ0v) is 14.3. The minimum atomic E-state index is -3.22. The first-order valence-electron chi connectivity index (χ1n) is 6.81. The van der Waals surface area contributed by atoms with Gasteiger partial charge in [0.15, 0.2) is 5.13 Å². The van der Waals surface area contributed by atoms with Gasteiger partial charge in [-0.1, -0.05) is 6.07 Å². The summed E-state index contributed by atoms with van der Waals surface area (Å²) in [5, 5.41) is 3.93. The number of rotatable bonds is 6. The Morgan fingerprint density at radius 1 is 1.38 bits per heavy atom. The maximum atomic E-state index is 13.7. The van der Waals surface area contributed by atoms with Gasteiger partial charge >= 0.3 is 0 Å². The van der Waals surface area contributed by atoms with Crippen molar-refractivity contribution in [1.82, 2.24) is 4.98 Å². The van der Waals surface area contributed by atoms with Gasteiger partial charge in [-0.15, -0.1) is 11.3 Å². The van der Waals surface area contributed by atoms with E-state index in [4.69, 9.17) is 5.73 Å². The molecule has 1 unspecified atom stereocenters. The van der Waals surface area contributed by atoms with Gasteiger partial charge < -0.3 is 11.1 Å². The molecule has 1 heterocycles. The van der Waals surface area contributed by atoms with Gasteiger partial charge in [0.05, 0.1) is 23.1 Å². The van der Waals surface area contributed by atoms with Crippen LogP contribution in [0.25, 0.3) is 11.3 Å². The van der Waals surface area contributed by atoms with Crippen LogP contribution in [0, 0.1) is 11.6 Å². The summed E-state index contributed by atoms with van der Waals surface area (Å²) in [5.41, 5.74) is 5.39. The lowest BCUT2D eigenvalue weighted by atomic mass is 10.1. The van der Waals surface area contributed by atoms with E-state index in [-0.39, 0.29) is 28.6 Å². The molecule has 10 heteroatoms. The Hall–Kier alpha value is -1.91. The molecule has 0 radical (unpaired) electrons. The number of benzene rings is 1. The number of hydrogen-bond acceptors (Lipinski definition) is 6. The van der Waals surface area contributed by atoms with E-state index in [1.165, 1.54) is 11.4 Å². The Morgan fingerprint density at radius 2 is 2.00 bits per heavy atom. The van der Waals surface area contributed by atoms with E-state index < -0.39 is 33.4 Å². The number of hydrogen-bond donors (Lipinski definition) is 2. The number of thiazole rings is 1. The van der Waals surface area contributed by atoms with Crippen LogP contribution >= 0.6 is 11.3 Å². The molecule has 0 aliphatic rings. The molecule has 0 fully saturated rings. The number of aromatic nitrogens is 1. The van der Waals surface area contributed by atoms with Crippen LogP contribution in [0.4, 0.5) is 13.9 Å². The third-order valence-corrected chi connectivity index (χ3v) is 4.82. The van der Waals surface area contributed by atoms with Crippen molar-refractivity contribution in [1.29, 1.82) is 0 Å². The number of nitrogens with two attached hydrogens (primary N) is 1. The van der Waals surface area contributed by atoms with Crippen LogP contribution in [0.15, 0.2) is 23.6 Å². The smallest absolute Gasteiger partial charge is 0.243 e. The van der Waals surface area contributed by atoms with Crippen LogP contribution in [0.1, 0.15) is 6.42 Å². The molecule has 24 heavy (non-hydrogen) atoms. The minimum Gasteiger partial charge on any atom is -0.320 e. The summed E-state index contributed by atoms with van der Waals surface area (Å²) < 4.78 is 49.6. The lowest BCUT2D eigenvalue weighted by Crippen LogP contribution is -2.37. The fraction of sp³-hybridized carbons (Fsp3) is 0.286. The molecule has 1 aromatic carbocycles. The number of anilines is 1. The zero-order valence-electron chi connectivity index (χ0n) is 12.6. The summed E-state index contributed by atoms with van der Waals surface area (Å²) in [6.45, 7) is 0. The summed E-state index contributed by atoms with van der Waals surface area (Å²) in [6.07, 6.45) is 1.01. The maximum absolute atomic E-state index is 13.7. The molecule has 0 bridgehead atoms. The van der Waals surface area contributed by atoms with Crippen molar-refractivity contribution in [2.45, 2.75) is 12.5 Å². The average Bonchev–Trinajstić information content (AvgIpc) is 2.92. The molecule has 2 aromatic rings. The highest BCUT2D eigenvalue weighted by molar-refractivity contribution is 7.90. The van der Waals surface area contributed by atoms with Gasteiger partial charge in [-0.05, 0) is 18.6 Å². The van der Waals surface area contributed by atoms with Crippen LogP contribution in [-0.4, -0.2) is 37.4 Å². The first kappa shape index (κ1) is 18.4. The van der Waals surface area contributed by atoms with Crippen molar-refractivity contribution < 1.29 is 22.0 Å². The van der Waals surface area contributed by atoms with E-state index in [2.05, 4.69) is 10.3 Å². The predicted molar refractivity (Wildman–Crippen MR) is 88.4 cm³/mol. The van der Waals surface area contributed by atoms with Crippen LogP contribution < -0.4 is 11.1 Å². The summed E-state index contributed by atoms with van der Waals surface area (Å²) in [4.78, 5) is 15.9. The fourth-order valence-electron chi connectivity index (χ4n) is 1.86. The summed E-state index contributed by atoms with van der Waals surface area (Å²) in [7, 11) is -3.22. The number of nitrogens with one attached hydrogen (secondary N) is 1. The number of halogens is 2. The Balaban J connectivity index is 2.07. The van der Waals surface area contributed by atoms with Crippen LogP contribution in [0.5, 0.6) is 0 Å². The third kappa shape index (κ3) is 4.79. The van der Waals surface area contributed by atoms with E-state index in [1.807, 2.05) is 0 Å². The molecule has 0 saturated heterocycles. The zero-order chi connectivity index (χ0) is 17.9. The molecule has 0 aliphatic heterocycles. The molecule has 1 atom stereocenters. The predicted octanol–water partition coefficient (Wildman–Crippen LogP) is 1.79. The van der Waals surface area contributed by atoms with Crippen molar-refractivity contribution in [3.05, 3.63) is 35.2 Å². The lowest BCUT2D eigenvalue weighted by Gasteiger charge is -2.09. The van der Waals surface area contributed by atoms with Gasteiger partial charge in [0.2, 0.25) is 5.91 Å². The second-order valence-electron chi connectivity index (χ2n) is 5.15. The number of carbonyl (C=O) groups is 1. The molecule has 0 spiro atoms. The van der Waals surface area contributed by atoms with Gasteiger partial charge in [0.1, 0.15) is 21.5 Å². The van der Waals surface area contributed by atoms with Gasteiger partial charge in [-0.2, -0.15) is 0 Å². The number of sulfone groups is 1. The Bertz CT molecular complexity index is 832. The van der Waals surface area contributed by atoms with E-state index in [0.29, 0.717) is 0 Å². The molecule has 3 N–H and O–H groups in total. The molecule has 0 saturated carbocycles. The Kier molecular flexibility index (Phi) is 5.62. The molecule has 1 amide bonds. The molecular formula is C14H15F2N3O3S2. The van der Waals surface area contributed by atoms with Crippen molar-refractivity contribution in [3.63, 3.8) is 0 Å². The maximum Gasteiger partial charge on any atom is 0.243 e. The third-order valence-electron chi connectivity index (χ3n) is 3.09. The Labute approximate surface area is 141 Å². The monoisotopic (exact) mass is 375 g/mol.